The van der Waals surface area contributed by atoms with Crippen molar-refractivity contribution in [1.82, 2.24) is 5.32 Å². The highest BCUT2D eigenvalue weighted by atomic mass is 16.1. The molecule has 0 aromatic heterocycles. The van der Waals surface area contributed by atoms with Crippen molar-refractivity contribution in [2.24, 2.45) is 34.4 Å². The molecule has 5 nitrogen and oxygen atoms in total. The van der Waals surface area contributed by atoms with Crippen LogP contribution in [-0.4, -0.2) is 30.1 Å². The van der Waals surface area contributed by atoms with Crippen LogP contribution in [0.4, 0.5) is 0 Å². The van der Waals surface area contributed by atoms with Crippen LogP contribution in [0.25, 0.3) is 0 Å². The van der Waals surface area contributed by atoms with E-state index in [2.05, 4.69) is 19.2 Å². The van der Waals surface area contributed by atoms with Crippen LogP contribution in [0.3, 0.4) is 0 Å². The summed E-state index contributed by atoms with van der Waals surface area (Å²) in [6.45, 7) is 9.90. The monoisotopic (exact) mass is 323 g/mol. The highest BCUT2D eigenvalue weighted by Gasteiger charge is 2.41. The molecule has 0 saturated heterocycles. The molecule has 4 atom stereocenters. The van der Waals surface area contributed by atoms with E-state index in [1.165, 1.54) is 0 Å². The largest absolute Gasteiger partial charge is 0.387 e. The van der Waals surface area contributed by atoms with Gasteiger partial charge in [0.05, 0.1) is 11.9 Å². The maximum absolute atomic E-state index is 11.7. The third-order valence-corrected chi connectivity index (χ3v) is 5.10. The standard InChI is InChI=1S/C18H33N3O2/c1-6-14(7-2)17(20-12(5)23)15-8-13(10-22)9-16(15)21-18(19)11(3)4/h10-11,13-17H,6-9H2,1-5H3,(H2,19,21)(H,20,23). The Labute approximate surface area is 140 Å². The molecular weight excluding hydrogens is 290 g/mol. The van der Waals surface area contributed by atoms with Crippen LogP contribution in [0.2, 0.25) is 0 Å². The minimum atomic E-state index is -0.0176. The Hall–Kier alpha value is -1.39. The van der Waals surface area contributed by atoms with Gasteiger partial charge in [0.2, 0.25) is 5.91 Å². The van der Waals surface area contributed by atoms with Crippen molar-refractivity contribution in [1.29, 1.82) is 0 Å². The van der Waals surface area contributed by atoms with Crippen molar-refractivity contribution in [2.75, 3.05) is 0 Å². The summed E-state index contributed by atoms with van der Waals surface area (Å²) in [6.07, 6.45) is 4.55. The molecule has 0 heterocycles. The number of aldehydes is 1. The third-order valence-electron chi connectivity index (χ3n) is 5.10. The van der Waals surface area contributed by atoms with Crippen molar-refractivity contribution in [3.8, 4) is 0 Å². The molecular formula is C18H33N3O2. The van der Waals surface area contributed by atoms with Crippen molar-refractivity contribution < 1.29 is 9.59 Å². The van der Waals surface area contributed by atoms with Gasteiger partial charge in [-0.25, -0.2) is 0 Å². The maximum atomic E-state index is 11.7. The molecule has 5 heteroatoms. The molecule has 4 unspecified atom stereocenters. The van der Waals surface area contributed by atoms with Gasteiger partial charge in [0, 0.05) is 30.7 Å². The molecule has 1 aliphatic rings. The average molecular weight is 323 g/mol. The average Bonchev–Trinajstić information content (AvgIpc) is 2.89. The quantitative estimate of drug-likeness (QED) is 0.409. The number of hydrogen-bond donors (Lipinski definition) is 2. The molecule has 1 amide bonds. The first kappa shape index (κ1) is 19.7. The number of amidine groups is 1. The molecule has 23 heavy (non-hydrogen) atoms. The van der Waals surface area contributed by atoms with Gasteiger partial charge in [0.15, 0.2) is 0 Å². The number of carbonyl (C=O) groups is 2. The summed E-state index contributed by atoms with van der Waals surface area (Å²) in [7, 11) is 0. The topological polar surface area (TPSA) is 84.5 Å². The fourth-order valence-corrected chi connectivity index (χ4v) is 3.68. The molecule has 1 saturated carbocycles. The molecule has 0 aromatic carbocycles. The number of nitrogens with zero attached hydrogens (tertiary/aromatic N) is 1. The normalized spacial score (nSPS) is 26.6. The highest BCUT2D eigenvalue weighted by Crippen LogP contribution is 2.38. The van der Waals surface area contributed by atoms with Crippen LogP contribution >= 0.6 is 0 Å². The van der Waals surface area contributed by atoms with Gasteiger partial charge < -0.3 is 15.8 Å². The number of nitrogens with one attached hydrogen (secondary N) is 1. The van der Waals surface area contributed by atoms with Crippen molar-refractivity contribution >= 4 is 18.0 Å². The van der Waals surface area contributed by atoms with Crippen LogP contribution in [0.1, 0.15) is 60.3 Å². The smallest absolute Gasteiger partial charge is 0.217 e. The predicted molar refractivity (Wildman–Crippen MR) is 94.2 cm³/mol. The molecule has 1 fully saturated rings. The molecule has 0 bridgehead atoms. The Morgan fingerprint density at radius 1 is 1.30 bits per heavy atom. The van der Waals surface area contributed by atoms with E-state index in [4.69, 9.17) is 10.7 Å². The SMILES string of the molecule is CCC(CC)C(NC(C)=O)C1CC(C=O)CC1N=C(N)C(C)C. The summed E-state index contributed by atoms with van der Waals surface area (Å²) in [4.78, 5) is 27.7. The van der Waals surface area contributed by atoms with E-state index in [-0.39, 0.29) is 35.7 Å². The Bertz CT molecular complexity index is 430. The third kappa shape index (κ3) is 5.33. The number of carbonyl (C=O) groups excluding carboxylic acids is 2. The Morgan fingerprint density at radius 3 is 2.35 bits per heavy atom. The molecule has 0 aromatic rings. The second-order valence-corrected chi connectivity index (χ2v) is 7.11. The maximum Gasteiger partial charge on any atom is 0.217 e. The van der Waals surface area contributed by atoms with Gasteiger partial charge >= 0.3 is 0 Å². The first-order valence-electron chi connectivity index (χ1n) is 8.89. The van der Waals surface area contributed by atoms with Gasteiger partial charge in [-0.15, -0.1) is 0 Å². The first-order chi connectivity index (χ1) is 10.8. The molecule has 0 radical (unpaired) electrons. The van der Waals surface area contributed by atoms with Gasteiger partial charge in [-0.1, -0.05) is 40.5 Å². The fourth-order valence-electron chi connectivity index (χ4n) is 3.68. The minimum absolute atomic E-state index is 0.0133. The summed E-state index contributed by atoms with van der Waals surface area (Å²) >= 11 is 0. The van der Waals surface area contributed by atoms with E-state index >= 15 is 0 Å². The van der Waals surface area contributed by atoms with Crippen molar-refractivity contribution in [3.05, 3.63) is 0 Å². The summed E-state index contributed by atoms with van der Waals surface area (Å²) in [5, 5.41) is 3.14. The molecule has 3 N–H and O–H groups in total. The lowest BCUT2D eigenvalue weighted by Gasteiger charge is -2.33. The summed E-state index contributed by atoms with van der Waals surface area (Å²) in [5.41, 5.74) is 6.06. The van der Waals surface area contributed by atoms with E-state index in [1.807, 2.05) is 13.8 Å². The summed E-state index contributed by atoms with van der Waals surface area (Å²) < 4.78 is 0. The van der Waals surface area contributed by atoms with Crippen molar-refractivity contribution in [3.63, 3.8) is 0 Å². The van der Waals surface area contributed by atoms with E-state index in [0.29, 0.717) is 11.8 Å². The lowest BCUT2D eigenvalue weighted by atomic mass is 9.81. The van der Waals surface area contributed by atoms with Crippen molar-refractivity contribution in [2.45, 2.75) is 72.4 Å². The van der Waals surface area contributed by atoms with Gasteiger partial charge in [0.25, 0.3) is 0 Å². The second-order valence-electron chi connectivity index (χ2n) is 7.11. The van der Waals surface area contributed by atoms with E-state index < -0.39 is 0 Å². The molecule has 0 spiro atoms. The Kier molecular flexibility index (Phi) is 7.73. The van der Waals surface area contributed by atoms with Gasteiger partial charge in [-0.2, -0.15) is 0 Å². The Morgan fingerprint density at radius 2 is 1.91 bits per heavy atom. The van der Waals surface area contributed by atoms with E-state index in [1.54, 1.807) is 6.92 Å². The molecule has 0 aliphatic heterocycles. The lowest BCUT2D eigenvalue weighted by Crippen LogP contribution is -2.46. The second kappa shape index (κ2) is 9.04. The predicted octanol–water partition coefficient (Wildman–Crippen LogP) is 2.53. The molecule has 1 aliphatic carbocycles. The Balaban J connectivity index is 3.09. The van der Waals surface area contributed by atoms with Crippen LogP contribution in [0.5, 0.6) is 0 Å². The van der Waals surface area contributed by atoms with Crippen LogP contribution in [0, 0.1) is 23.7 Å². The van der Waals surface area contributed by atoms with Gasteiger partial charge in [-0.05, 0) is 18.8 Å². The van der Waals surface area contributed by atoms with Crippen LogP contribution in [0.15, 0.2) is 4.99 Å². The minimum Gasteiger partial charge on any atom is -0.387 e. The fraction of sp³-hybridized carbons (Fsp3) is 0.833. The number of nitrogens with two attached hydrogens (primary N) is 1. The van der Waals surface area contributed by atoms with Gasteiger partial charge in [-0.3, -0.25) is 9.79 Å². The van der Waals surface area contributed by atoms with E-state index in [9.17, 15) is 9.59 Å². The highest BCUT2D eigenvalue weighted by molar-refractivity contribution is 5.82. The molecule has 132 valence electrons. The zero-order valence-electron chi connectivity index (χ0n) is 15.2. The number of amides is 1. The number of rotatable bonds is 8. The summed E-state index contributed by atoms with van der Waals surface area (Å²) in [5.74, 6) is 1.40. The zero-order valence-corrected chi connectivity index (χ0v) is 15.2. The van der Waals surface area contributed by atoms with Gasteiger partial charge in [0.1, 0.15) is 6.29 Å². The number of aliphatic imine (C=N–C) groups is 1. The lowest BCUT2D eigenvalue weighted by molar-refractivity contribution is -0.120. The zero-order chi connectivity index (χ0) is 17.6. The van der Waals surface area contributed by atoms with Crippen LogP contribution < -0.4 is 11.1 Å². The van der Waals surface area contributed by atoms with E-state index in [0.717, 1.165) is 32.0 Å². The van der Waals surface area contributed by atoms with Crippen LogP contribution in [-0.2, 0) is 9.59 Å². The molecule has 1 rings (SSSR count). The number of hydrogen-bond acceptors (Lipinski definition) is 3. The summed E-state index contributed by atoms with van der Waals surface area (Å²) in [6, 6.07) is 0.0752. The first-order valence-corrected chi connectivity index (χ1v) is 8.89.